The zero-order valence-corrected chi connectivity index (χ0v) is 18.4. The molecule has 1 saturated carbocycles. The molecule has 0 atom stereocenters. The summed E-state index contributed by atoms with van der Waals surface area (Å²) in [6.07, 6.45) is 4.68. The number of nitrogens with one attached hydrogen (secondary N) is 1. The van der Waals surface area contributed by atoms with Gasteiger partial charge in [-0.2, -0.15) is 5.21 Å². The first-order valence-corrected chi connectivity index (χ1v) is 11.2. The lowest BCUT2D eigenvalue weighted by molar-refractivity contribution is 0.104. The number of fused-ring (bicyclic) bond motifs is 1. The first-order chi connectivity index (χ1) is 16.3. The fourth-order valence-corrected chi connectivity index (χ4v) is 4.25. The molecule has 7 nitrogen and oxygen atoms in total. The summed E-state index contributed by atoms with van der Waals surface area (Å²) in [6, 6.07) is 20.8. The molecule has 0 aliphatic heterocycles. The highest BCUT2D eigenvalue weighted by Crippen LogP contribution is 2.39. The Hall–Kier alpha value is -3.84. The number of imidazole rings is 1. The van der Waals surface area contributed by atoms with Crippen molar-refractivity contribution in [3.05, 3.63) is 89.4 Å². The number of rotatable bonds is 7. The lowest BCUT2D eigenvalue weighted by Crippen LogP contribution is -2.01. The van der Waals surface area contributed by atoms with E-state index in [9.17, 15) is 0 Å². The normalized spacial score (nSPS) is 13.6. The van der Waals surface area contributed by atoms with Gasteiger partial charge in [-0.15, -0.1) is 10.2 Å². The molecule has 164 valence electrons. The van der Waals surface area contributed by atoms with Crippen molar-refractivity contribution in [3.8, 4) is 22.5 Å². The van der Waals surface area contributed by atoms with E-state index < -0.39 is 0 Å². The van der Waals surface area contributed by atoms with Gasteiger partial charge >= 0.3 is 0 Å². The summed E-state index contributed by atoms with van der Waals surface area (Å²) >= 11 is 0. The summed E-state index contributed by atoms with van der Waals surface area (Å²) in [5.74, 6) is 1.20. The van der Waals surface area contributed by atoms with Crippen LogP contribution >= 0.6 is 0 Å². The molecular weight excluding hydrogens is 412 g/mol. The quantitative estimate of drug-likeness (QED) is 0.385. The van der Waals surface area contributed by atoms with E-state index >= 15 is 0 Å². The van der Waals surface area contributed by atoms with Gasteiger partial charge in [0.1, 0.15) is 5.65 Å². The standard InChI is InChI=1S/C26H24N6O/c1-17-7-11-21(32-14-24(20-9-10-20)27-26(17)32)16-33-15-18-8-12-22(19-5-3-2-4-6-19)23(13-18)25-28-30-31-29-25/h2-8,11-14,20H,9-10,15-16H2,1H3,(H,28,29,30,31). The Morgan fingerprint density at radius 2 is 1.88 bits per heavy atom. The molecule has 0 radical (unpaired) electrons. The number of aromatic amines is 1. The van der Waals surface area contributed by atoms with Crippen LogP contribution in [-0.2, 0) is 18.0 Å². The number of aromatic nitrogens is 6. The molecule has 6 rings (SSSR count). The highest BCUT2D eigenvalue weighted by molar-refractivity contribution is 5.80. The summed E-state index contributed by atoms with van der Waals surface area (Å²) in [5.41, 5.74) is 8.68. The SMILES string of the molecule is Cc1ccc(COCc2ccc(-c3ccccc3)c(-c3nn[nH]n3)c2)n2cc(C3CC3)nc12. The zero-order valence-electron chi connectivity index (χ0n) is 18.4. The van der Waals surface area contributed by atoms with Crippen LogP contribution in [0, 0.1) is 6.92 Å². The molecule has 7 heteroatoms. The number of nitrogens with zero attached hydrogens (tertiary/aromatic N) is 5. The van der Waals surface area contributed by atoms with E-state index in [2.05, 4.69) is 80.6 Å². The average Bonchev–Trinajstić information content (AvgIpc) is 3.36. The second kappa shape index (κ2) is 8.26. The Morgan fingerprint density at radius 1 is 1.00 bits per heavy atom. The summed E-state index contributed by atoms with van der Waals surface area (Å²) in [6.45, 7) is 3.10. The Labute approximate surface area is 191 Å². The molecule has 3 heterocycles. The fraction of sp³-hybridized carbons (Fsp3) is 0.231. The van der Waals surface area contributed by atoms with Gasteiger partial charge < -0.3 is 9.14 Å². The predicted octanol–water partition coefficient (Wildman–Crippen LogP) is 5.08. The van der Waals surface area contributed by atoms with Gasteiger partial charge in [0, 0.05) is 23.4 Å². The number of pyridine rings is 1. The summed E-state index contributed by atoms with van der Waals surface area (Å²) in [4.78, 5) is 4.86. The number of aryl methyl sites for hydroxylation is 1. The largest absolute Gasteiger partial charge is 0.371 e. The van der Waals surface area contributed by atoms with Crippen LogP contribution in [0.4, 0.5) is 0 Å². The van der Waals surface area contributed by atoms with Gasteiger partial charge in [0.2, 0.25) is 5.82 Å². The molecule has 0 spiro atoms. The molecule has 33 heavy (non-hydrogen) atoms. The number of hydrogen-bond acceptors (Lipinski definition) is 5. The monoisotopic (exact) mass is 436 g/mol. The number of benzene rings is 2. The molecule has 0 saturated heterocycles. The second-order valence-electron chi connectivity index (χ2n) is 8.62. The van der Waals surface area contributed by atoms with Gasteiger partial charge in [0.15, 0.2) is 0 Å². The summed E-state index contributed by atoms with van der Waals surface area (Å²) in [5, 5.41) is 14.7. The topological polar surface area (TPSA) is 81.0 Å². The van der Waals surface area contributed by atoms with E-state index in [-0.39, 0.29) is 0 Å². The maximum atomic E-state index is 6.14. The summed E-state index contributed by atoms with van der Waals surface area (Å²) < 4.78 is 8.33. The highest BCUT2D eigenvalue weighted by Gasteiger charge is 2.26. The van der Waals surface area contributed by atoms with Crippen molar-refractivity contribution in [2.24, 2.45) is 0 Å². The molecular formula is C26H24N6O. The molecule has 5 aromatic rings. The molecule has 0 unspecified atom stereocenters. The van der Waals surface area contributed by atoms with E-state index in [1.54, 1.807) is 0 Å². The fourth-order valence-electron chi connectivity index (χ4n) is 4.25. The molecule has 0 amide bonds. The molecule has 1 fully saturated rings. The Morgan fingerprint density at radius 3 is 2.67 bits per heavy atom. The van der Waals surface area contributed by atoms with Gasteiger partial charge in [-0.05, 0) is 59.4 Å². The highest BCUT2D eigenvalue weighted by atomic mass is 16.5. The first-order valence-electron chi connectivity index (χ1n) is 11.2. The number of ether oxygens (including phenoxy) is 1. The minimum Gasteiger partial charge on any atom is -0.371 e. The van der Waals surface area contributed by atoms with Crippen LogP contribution in [0.15, 0.2) is 66.9 Å². The Bertz CT molecular complexity index is 1400. The van der Waals surface area contributed by atoms with Crippen molar-refractivity contribution in [1.82, 2.24) is 30.0 Å². The summed E-state index contributed by atoms with van der Waals surface area (Å²) in [7, 11) is 0. The van der Waals surface area contributed by atoms with Crippen molar-refractivity contribution in [3.63, 3.8) is 0 Å². The predicted molar refractivity (Wildman–Crippen MR) is 125 cm³/mol. The van der Waals surface area contributed by atoms with E-state index in [1.165, 1.54) is 24.1 Å². The van der Waals surface area contributed by atoms with Gasteiger partial charge in [0.25, 0.3) is 0 Å². The minimum atomic E-state index is 0.486. The van der Waals surface area contributed by atoms with Gasteiger partial charge in [0.05, 0.1) is 18.9 Å². The zero-order chi connectivity index (χ0) is 22.2. The number of tetrazole rings is 1. The van der Waals surface area contributed by atoms with Crippen molar-refractivity contribution >= 4 is 5.65 Å². The van der Waals surface area contributed by atoms with Crippen LogP contribution in [0.5, 0.6) is 0 Å². The van der Waals surface area contributed by atoms with E-state index in [4.69, 9.17) is 9.72 Å². The van der Waals surface area contributed by atoms with Gasteiger partial charge in [-0.1, -0.05) is 48.5 Å². The molecule has 1 aliphatic carbocycles. The maximum Gasteiger partial charge on any atom is 0.205 e. The van der Waals surface area contributed by atoms with Crippen LogP contribution in [-0.4, -0.2) is 30.0 Å². The van der Waals surface area contributed by atoms with Gasteiger partial charge in [-0.3, -0.25) is 0 Å². The first kappa shape index (κ1) is 19.8. The molecule has 1 aliphatic rings. The van der Waals surface area contributed by atoms with Crippen LogP contribution in [0.1, 0.15) is 41.3 Å². The van der Waals surface area contributed by atoms with Crippen molar-refractivity contribution in [1.29, 1.82) is 0 Å². The third-order valence-electron chi connectivity index (χ3n) is 6.18. The number of hydrogen-bond donors (Lipinski definition) is 1. The van der Waals surface area contributed by atoms with E-state index in [0.29, 0.717) is 25.0 Å². The second-order valence-corrected chi connectivity index (χ2v) is 8.62. The van der Waals surface area contributed by atoms with E-state index in [0.717, 1.165) is 33.6 Å². The number of H-pyrrole nitrogens is 1. The lowest BCUT2D eigenvalue weighted by atomic mass is 9.97. The van der Waals surface area contributed by atoms with Crippen LogP contribution in [0.2, 0.25) is 0 Å². The van der Waals surface area contributed by atoms with Crippen molar-refractivity contribution < 1.29 is 4.74 Å². The maximum absolute atomic E-state index is 6.14. The Balaban J connectivity index is 1.24. The smallest absolute Gasteiger partial charge is 0.205 e. The van der Waals surface area contributed by atoms with Crippen LogP contribution in [0.3, 0.4) is 0 Å². The molecule has 3 aromatic heterocycles. The molecule has 2 aromatic carbocycles. The van der Waals surface area contributed by atoms with Crippen LogP contribution in [0.25, 0.3) is 28.2 Å². The van der Waals surface area contributed by atoms with Crippen LogP contribution < -0.4 is 0 Å². The average molecular weight is 437 g/mol. The Kier molecular flexibility index (Phi) is 4.96. The lowest BCUT2D eigenvalue weighted by Gasteiger charge is -2.11. The molecule has 1 N–H and O–H groups in total. The third kappa shape index (κ3) is 3.91. The van der Waals surface area contributed by atoms with E-state index in [1.807, 2.05) is 18.2 Å². The van der Waals surface area contributed by atoms with Crippen molar-refractivity contribution in [2.45, 2.75) is 38.9 Å². The third-order valence-corrected chi connectivity index (χ3v) is 6.18. The molecule has 0 bridgehead atoms. The minimum absolute atomic E-state index is 0.486. The van der Waals surface area contributed by atoms with Gasteiger partial charge in [-0.25, -0.2) is 4.98 Å². The van der Waals surface area contributed by atoms with Crippen molar-refractivity contribution in [2.75, 3.05) is 0 Å².